The van der Waals surface area contributed by atoms with Gasteiger partial charge < -0.3 is 25.6 Å². The van der Waals surface area contributed by atoms with Crippen molar-refractivity contribution in [2.75, 3.05) is 47.4 Å². The van der Waals surface area contributed by atoms with E-state index in [-0.39, 0.29) is 5.91 Å². The molecule has 7 nitrogen and oxygen atoms in total. The van der Waals surface area contributed by atoms with Crippen molar-refractivity contribution in [3.63, 3.8) is 0 Å². The number of amides is 1. The molecule has 1 amide bonds. The minimum Gasteiger partial charge on any atom is -0.493 e. The number of aliphatic imine (C=N–C) groups is 1. The van der Waals surface area contributed by atoms with E-state index in [1.165, 1.54) is 11.1 Å². The second-order valence-electron chi connectivity index (χ2n) is 7.90. The van der Waals surface area contributed by atoms with Crippen molar-refractivity contribution < 1.29 is 9.53 Å². The first kappa shape index (κ1) is 22.6. The molecular weight excluding hydrogens is 390 g/mol. The van der Waals surface area contributed by atoms with Crippen LogP contribution >= 0.6 is 0 Å². The van der Waals surface area contributed by atoms with E-state index < -0.39 is 0 Å². The number of nitrogens with zero attached hydrogens (tertiary/aromatic N) is 2. The zero-order valence-corrected chi connectivity index (χ0v) is 18.7. The number of carbonyl (C=O) groups is 1. The van der Waals surface area contributed by atoms with Crippen molar-refractivity contribution >= 4 is 11.9 Å². The van der Waals surface area contributed by atoms with Gasteiger partial charge in [-0.05, 0) is 55.4 Å². The van der Waals surface area contributed by atoms with Gasteiger partial charge in [0.15, 0.2) is 5.96 Å². The lowest BCUT2D eigenvalue weighted by molar-refractivity contribution is 0.0951. The van der Waals surface area contributed by atoms with Gasteiger partial charge in [0.1, 0.15) is 5.75 Å². The van der Waals surface area contributed by atoms with Gasteiger partial charge in [0.25, 0.3) is 5.91 Å². The average molecular weight is 424 g/mol. The largest absolute Gasteiger partial charge is 0.493 e. The van der Waals surface area contributed by atoms with Crippen LogP contribution < -0.4 is 20.7 Å². The Hall–Kier alpha value is -3.06. The van der Waals surface area contributed by atoms with Crippen molar-refractivity contribution in [2.24, 2.45) is 4.99 Å². The molecule has 0 fully saturated rings. The lowest BCUT2D eigenvalue weighted by atomic mass is 10.1. The number of ether oxygens (including phenoxy) is 1. The number of likely N-dealkylation sites (N-methyl/N-ethyl adjacent to an activating group) is 1. The molecule has 0 bridgehead atoms. The highest BCUT2D eigenvalue weighted by molar-refractivity contribution is 5.94. The fourth-order valence-electron chi connectivity index (χ4n) is 3.44. The van der Waals surface area contributed by atoms with Gasteiger partial charge in [-0.2, -0.15) is 0 Å². The summed E-state index contributed by atoms with van der Waals surface area (Å²) in [6, 6.07) is 14.1. The maximum Gasteiger partial charge on any atom is 0.251 e. The van der Waals surface area contributed by atoms with Gasteiger partial charge in [-0.3, -0.25) is 9.79 Å². The third-order valence-corrected chi connectivity index (χ3v) is 5.18. The van der Waals surface area contributed by atoms with E-state index >= 15 is 0 Å². The van der Waals surface area contributed by atoms with Crippen LogP contribution in [0.1, 0.15) is 27.0 Å². The number of carbonyl (C=O) groups excluding carboxylic acids is 1. The quantitative estimate of drug-likeness (QED) is 0.424. The highest BCUT2D eigenvalue weighted by Crippen LogP contribution is 2.25. The predicted octanol–water partition coefficient (Wildman–Crippen LogP) is 1.82. The van der Waals surface area contributed by atoms with Crippen molar-refractivity contribution in [2.45, 2.75) is 19.4 Å². The molecule has 1 aliphatic heterocycles. The number of fused-ring (bicyclic) bond motifs is 1. The Labute approximate surface area is 184 Å². The Bertz CT molecular complexity index is 911. The number of rotatable bonds is 9. The minimum absolute atomic E-state index is 0.0500. The second-order valence-corrected chi connectivity index (χ2v) is 7.90. The van der Waals surface area contributed by atoms with Crippen LogP contribution in [0, 0.1) is 0 Å². The van der Waals surface area contributed by atoms with Crippen LogP contribution in [0.15, 0.2) is 47.5 Å². The maximum atomic E-state index is 12.3. The maximum absolute atomic E-state index is 12.3. The number of hydrogen-bond acceptors (Lipinski definition) is 4. The summed E-state index contributed by atoms with van der Waals surface area (Å²) in [6.07, 6.45) is 1.91. The first-order chi connectivity index (χ1) is 15.0. The minimum atomic E-state index is -0.0500. The zero-order chi connectivity index (χ0) is 22.1. The van der Waals surface area contributed by atoms with Crippen molar-refractivity contribution in [1.82, 2.24) is 20.9 Å². The van der Waals surface area contributed by atoms with Crippen LogP contribution in [-0.2, 0) is 19.4 Å². The van der Waals surface area contributed by atoms with Crippen LogP contribution in [-0.4, -0.2) is 64.2 Å². The van der Waals surface area contributed by atoms with E-state index in [2.05, 4.69) is 39.1 Å². The van der Waals surface area contributed by atoms with E-state index in [1.807, 2.05) is 43.3 Å². The summed E-state index contributed by atoms with van der Waals surface area (Å²) in [4.78, 5) is 18.7. The molecule has 166 valence electrons. The molecule has 2 aromatic rings. The molecule has 0 spiro atoms. The SMILES string of the molecule is CN=C(NCCc1ccc2c(c1)CCO2)NCc1cccc(C(=O)NCCN(C)C)c1. The molecule has 3 N–H and O–H groups in total. The molecule has 1 aliphatic rings. The Morgan fingerprint density at radius 2 is 1.94 bits per heavy atom. The Kier molecular flexibility index (Phi) is 8.29. The van der Waals surface area contributed by atoms with Gasteiger partial charge in [-0.25, -0.2) is 0 Å². The standard InChI is InChI=1S/C24H33N5O2/c1-25-24(27-11-9-18-7-8-22-20(15-18)10-14-31-22)28-17-19-5-4-6-21(16-19)23(30)26-12-13-29(2)3/h4-8,15-16H,9-14,17H2,1-3H3,(H,26,30)(H2,25,27,28). The molecule has 3 rings (SSSR count). The van der Waals surface area contributed by atoms with E-state index in [0.717, 1.165) is 49.8 Å². The first-order valence-corrected chi connectivity index (χ1v) is 10.8. The summed E-state index contributed by atoms with van der Waals surface area (Å²) < 4.78 is 5.57. The summed E-state index contributed by atoms with van der Waals surface area (Å²) in [5.41, 5.74) is 4.29. The van der Waals surface area contributed by atoms with Crippen molar-refractivity contribution in [3.8, 4) is 5.75 Å². The van der Waals surface area contributed by atoms with Crippen LogP contribution in [0.4, 0.5) is 0 Å². The fraction of sp³-hybridized carbons (Fsp3) is 0.417. The molecule has 0 unspecified atom stereocenters. The third-order valence-electron chi connectivity index (χ3n) is 5.18. The third kappa shape index (κ3) is 7.00. The van der Waals surface area contributed by atoms with Crippen molar-refractivity contribution in [3.05, 3.63) is 64.7 Å². The highest BCUT2D eigenvalue weighted by atomic mass is 16.5. The normalized spacial score (nSPS) is 13.0. The lowest BCUT2D eigenvalue weighted by Gasteiger charge is -2.13. The molecule has 0 saturated heterocycles. The van der Waals surface area contributed by atoms with Gasteiger partial charge in [-0.15, -0.1) is 0 Å². The van der Waals surface area contributed by atoms with Crippen LogP contribution in [0.2, 0.25) is 0 Å². The molecule has 1 heterocycles. The molecule has 2 aromatic carbocycles. The molecule has 31 heavy (non-hydrogen) atoms. The van der Waals surface area contributed by atoms with Crippen LogP contribution in [0.3, 0.4) is 0 Å². The molecule has 0 atom stereocenters. The van der Waals surface area contributed by atoms with Gasteiger partial charge in [0, 0.05) is 45.2 Å². The molecule has 0 aromatic heterocycles. The average Bonchev–Trinajstić information content (AvgIpc) is 3.24. The summed E-state index contributed by atoms with van der Waals surface area (Å²) in [5, 5.41) is 9.62. The van der Waals surface area contributed by atoms with Gasteiger partial charge in [-0.1, -0.05) is 24.3 Å². The van der Waals surface area contributed by atoms with Crippen molar-refractivity contribution in [1.29, 1.82) is 0 Å². The molecule has 0 saturated carbocycles. The Morgan fingerprint density at radius 1 is 1.06 bits per heavy atom. The summed E-state index contributed by atoms with van der Waals surface area (Å²) in [5.74, 6) is 1.71. The molecule has 0 aliphatic carbocycles. The van der Waals surface area contributed by atoms with Crippen LogP contribution in [0.5, 0.6) is 5.75 Å². The number of nitrogens with one attached hydrogen (secondary N) is 3. The fourth-order valence-corrected chi connectivity index (χ4v) is 3.44. The van der Waals surface area contributed by atoms with E-state index in [1.54, 1.807) is 7.05 Å². The van der Waals surface area contributed by atoms with Crippen LogP contribution in [0.25, 0.3) is 0 Å². The predicted molar refractivity (Wildman–Crippen MR) is 125 cm³/mol. The van der Waals surface area contributed by atoms with Gasteiger partial charge >= 0.3 is 0 Å². The number of guanidine groups is 1. The lowest BCUT2D eigenvalue weighted by Crippen LogP contribution is -2.38. The Morgan fingerprint density at radius 3 is 2.74 bits per heavy atom. The summed E-state index contributed by atoms with van der Waals surface area (Å²) >= 11 is 0. The first-order valence-electron chi connectivity index (χ1n) is 10.8. The zero-order valence-electron chi connectivity index (χ0n) is 18.7. The number of benzene rings is 2. The second kappa shape index (κ2) is 11.4. The summed E-state index contributed by atoms with van der Waals surface area (Å²) in [7, 11) is 5.73. The topological polar surface area (TPSA) is 78.0 Å². The van der Waals surface area contributed by atoms with E-state index in [9.17, 15) is 4.79 Å². The van der Waals surface area contributed by atoms with Gasteiger partial charge in [0.05, 0.1) is 6.61 Å². The molecule has 7 heteroatoms. The molecular formula is C24H33N5O2. The van der Waals surface area contributed by atoms with Gasteiger partial charge in [0.2, 0.25) is 0 Å². The van der Waals surface area contributed by atoms with E-state index in [4.69, 9.17) is 4.74 Å². The highest BCUT2D eigenvalue weighted by Gasteiger charge is 2.12. The number of hydrogen-bond donors (Lipinski definition) is 3. The van der Waals surface area contributed by atoms with E-state index in [0.29, 0.717) is 18.7 Å². The molecule has 0 radical (unpaired) electrons. The monoisotopic (exact) mass is 423 g/mol. The summed E-state index contributed by atoms with van der Waals surface area (Å²) in [6.45, 7) is 3.60. The Balaban J connectivity index is 1.44. The smallest absolute Gasteiger partial charge is 0.251 e.